The van der Waals surface area contributed by atoms with E-state index in [1.165, 1.54) is 0 Å². The lowest BCUT2D eigenvalue weighted by atomic mass is 10.1. The standard InChI is InChI=1S/C12H18FN3O/c1-4-8(2)7-16(3)12(17)10-5-9(13)6-15-11(10)14/h5-6,8H,4,7H2,1-3H3,(H2,14,15). The van der Waals surface area contributed by atoms with Gasteiger partial charge in [-0.2, -0.15) is 0 Å². The number of nitrogens with two attached hydrogens (primary N) is 1. The van der Waals surface area contributed by atoms with Crippen LogP contribution in [0.15, 0.2) is 12.3 Å². The first-order valence-corrected chi connectivity index (χ1v) is 5.62. The van der Waals surface area contributed by atoms with E-state index in [1.807, 2.05) is 0 Å². The van der Waals surface area contributed by atoms with Gasteiger partial charge in [-0.15, -0.1) is 0 Å². The van der Waals surface area contributed by atoms with Gasteiger partial charge < -0.3 is 10.6 Å². The summed E-state index contributed by atoms with van der Waals surface area (Å²) in [6, 6.07) is 1.12. The van der Waals surface area contributed by atoms with Crippen molar-refractivity contribution < 1.29 is 9.18 Å². The van der Waals surface area contributed by atoms with Crippen molar-refractivity contribution in [2.45, 2.75) is 20.3 Å². The molecule has 0 aromatic carbocycles. The summed E-state index contributed by atoms with van der Waals surface area (Å²) in [4.78, 5) is 17.2. The minimum Gasteiger partial charge on any atom is -0.383 e. The average molecular weight is 239 g/mol. The molecule has 94 valence electrons. The monoisotopic (exact) mass is 239 g/mol. The molecular formula is C12H18FN3O. The molecule has 1 atom stereocenters. The van der Waals surface area contributed by atoms with Gasteiger partial charge in [-0.25, -0.2) is 9.37 Å². The van der Waals surface area contributed by atoms with Crippen molar-refractivity contribution >= 4 is 11.7 Å². The van der Waals surface area contributed by atoms with Crippen molar-refractivity contribution in [2.24, 2.45) is 5.92 Å². The number of hydrogen-bond acceptors (Lipinski definition) is 3. The fraction of sp³-hybridized carbons (Fsp3) is 0.500. The molecule has 1 heterocycles. The first kappa shape index (κ1) is 13.4. The van der Waals surface area contributed by atoms with E-state index in [2.05, 4.69) is 18.8 Å². The molecule has 17 heavy (non-hydrogen) atoms. The molecule has 5 heteroatoms. The van der Waals surface area contributed by atoms with Gasteiger partial charge in [-0.3, -0.25) is 4.79 Å². The van der Waals surface area contributed by atoms with Crippen molar-refractivity contribution in [1.29, 1.82) is 0 Å². The molecule has 0 aliphatic rings. The normalized spacial score (nSPS) is 12.2. The second-order valence-electron chi connectivity index (χ2n) is 4.29. The summed E-state index contributed by atoms with van der Waals surface area (Å²) >= 11 is 0. The summed E-state index contributed by atoms with van der Waals surface area (Å²) in [6.07, 6.45) is 1.98. The molecule has 1 amide bonds. The van der Waals surface area contributed by atoms with Crippen LogP contribution in [0.4, 0.5) is 10.2 Å². The summed E-state index contributed by atoms with van der Waals surface area (Å²) in [5, 5.41) is 0. The Hall–Kier alpha value is -1.65. The van der Waals surface area contributed by atoms with E-state index < -0.39 is 5.82 Å². The number of carbonyl (C=O) groups excluding carboxylic acids is 1. The number of anilines is 1. The molecule has 0 aliphatic carbocycles. The molecule has 2 N–H and O–H groups in total. The van der Waals surface area contributed by atoms with Crippen molar-refractivity contribution in [3.63, 3.8) is 0 Å². The van der Waals surface area contributed by atoms with Gasteiger partial charge in [-0.05, 0) is 12.0 Å². The molecule has 0 fully saturated rings. The van der Waals surface area contributed by atoms with Crippen molar-refractivity contribution in [1.82, 2.24) is 9.88 Å². The van der Waals surface area contributed by atoms with Crippen LogP contribution in [0.25, 0.3) is 0 Å². The number of pyridine rings is 1. The molecule has 1 aromatic rings. The first-order valence-electron chi connectivity index (χ1n) is 5.62. The molecule has 0 saturated carbocycles. The third kappa shape index (κ3) is 3.41. The van der Waals surface area contributed by atoms with Crippen molar-refractivity contribution in [2.75, 3.05) is 19.3 Å². The maximum Gasteiger partial charge on any atom is 0.257 e. The first-order chi connectivity index (χ1) is 7.95. The zero-order valence-corrected chi connectivity index (χ0v) is 10.4. The Morgan fingerprint density at radius 2 is 2.29 bits per heavy atom. The molecule has 1 aromatic heterocycles. The molecule has 0 spiro atoms. The highest BCUT2D eigenvalue weighted by Crippen LogP contribution is 2.13. The quantitative estimate of drug-likeness (QED) is 0.873. The lowest BCUT2D eigenvalue weighted by molar-refractivity contribution is 0.0775. The Morgan fingerprint density at radius 3 is 2.88 bits per heavy atom. The molecule has 4 nitrogen and oxygen atoms in total. The van der Waals surface area contributed by atoms with E-state index >= 15 is 0 Å². The van der Waals surface area contributed by atoms with Gasteiger partial charge in [0.2, 0.25) is 0 Å². The van der Waals surface area contributed by atoms with Crippen LogP contribution in [0.3, 0.4) is 0 Å². The Balaban J connectivity index is 2.85. The van der Waals surface area contributed by atoms with Gasteiger partial charge in [-0.1, -0.05) is 20.3 Å². The maximum atomic E-state index is 13.0. The van der Waals surface area contributed by atoms with Crippen LogP contribution in [0.5, 0.6) is 0 Å². The van der Waals surface area contributed by atoms with Gasteiger partial charge in [0.1, 0.15) is 11.6 Å². The lowest BCUT2D eigenvalue weighted by Gasteiger charge is -2.21. The minimum atomic E-state index is -0.556. The molecule has 1 rings (SSSR count). The van der Waals surface area contributed by atoms with E-state index in [1.54, 1.807) is 11.9 Å². The van der Waals surface area contributed by atoms with Gasteiger partial charge in [0.25, 0.3) is 5.91 Å². The van der Waals surface area contributed by atoms with Crippen LogP contribution in [0, 0.1) is 11.7 Å². The predicted molar refractivity (Wildman–Crippen MR) is 65.0 cm³/mol. The highest BCUT2D eigenvalue weighted by atomic mass is 19.1. The molecule has 0 bridgehead atoms. The summed E-state index contributed by atoms with van der Waals surface area (Å²) in [6.45, 7) is 4.73. The second-order valence-corrected chi connectivity index (χ2v) is 4.29. The van der Waals surface area contributed by atoms with Crippen LogP contribution in [0.1, 0.15) is 30.6 Å². The average Bonchev–Trinajstić information content (AvgIpc) is 2.31. The zero-order chi connectivity index (χ0) is 13.0. The Morgan fingerprint density at radius 1 is 1.65 bits per heavy atom. The van der Waals surface area contributed by atoms with Crippen molar-refractivity contribution in [3.05, 3.63) is 23.6 Å². The maximum absolute atomic E-state index is 13.0. The Kier molecular flexibility index (Phi) is 4.43. The highest BCUT2D eigenvalue weighted by molar-refractivity contribution is 5.98. The molecule has 0 radical (unpaired) electrons. The predicted octanol–water partition coefficient (Wildman–Crippen LogP) is 1.92. The summed E-state index contributed by atoms with van der Waals surface area (Å²) in [5.41, 5.74) is 5.69. The molecular weight excluding hydrogens is 221 g/mol. The van der Waals surface area contributed by atoms with Crippen molar-refractivity contribution in [3.8, 4) is 0 Å². The fourth-order valence-electron chi connectivity index (χ4n) is 1.51. The van der Waals surface area contributed by atoms with Crippen LogP contribution < -0.4 is 5.73 Å². The van der Waals surface area contributed by atoms with E-state index in [9.17, 15) is 9.18 Å². The SMILES string of the molecule is CCC(C)CN(C)C(=O)c1cc(F)cnc1N. The number of aromatic nitrogens is 1. The van der Waals surface area contributed by atoms with Crippen LogP contribution in [-0.4, -0.2) is 29.4 Å². The smallest absolute Gasteiger partial charge is 0.257 e. The van der Waals surface area contributed by atoms with Crippen LogP contribution >= 0.6 is 0 Å². The number of nitrogens with zero attached hydrogens (tertiary/aromatic N) is 2. The summed E-state index contributed by atoms with van der Waals surface area (Å²) < 4.78 is 13.0. The van der Waals surface area contributed by atoms with E-state index in [0.29, 0.717) is 12.5 Å². The molecule has 0 aliphatic heterocycles. The summed E-state index contributed by atoms with van der Waals surface area (Å²) in [7, 11) is 1.68. The van der Waals surface area contributed by atoms with E-state index in [-0.39, 0.29) is 17.3 Å². The zero-order valence-electron chi connectivity index (χ0n) is 10.4. The minimum absolute atomic E-state index is 0.0624. The van der Waals surface area contributed by atoms with E-state index in [4.69, 9.17) is 5.73 Å². The summed E-state index contributed by atoms with van der Waals surface area (Å²) in [5.74, 6) is -0.395. The van der Waals surface area contributed by atoms with Gasteiger partial charge in [0, 0.05) is 13.6 Å². The molecule has 1 unspecified atom stereocenters. The fourth-order valence-corrected chi connectivity index (χ4v) is 1.51. The second kappa shape index (κ2) is 5.61. The van der Waals surface area contributed by atoms with Crippen LogP contribution in [-0.2, 0) is 0 Å². The number of rotatable bonds is 4. The van der Waals surface area contributed by atoms with Gasteiger partial charge in [0.05, 0.1) is 11.8 Å². The number of amides is 1. The largest absolute Gasteiger partial charge is 0.383 e. The highest BCUT2D eigenvalue weighted by Gasteiger charge is 2.17. The third-order valence-electron chi connectivity index (χ3n) is 2.74. The Labute approximate surface area is 101 Å². The number of carbonyl (C=O) groups is 1. The van der Waals surface area contributed by atoms with Gasteiger partial charge >= 0.3 is 0 Å². The van der Waals surface area contributed by atoms with E-state index in [0.717, 1.165) is 18.7 Å². The number of hydrogen-bond donors (Lipinski definition) is 1. The number of nitrogen functional groups attached to an aromatic ring is 1. The Bertz CT molecular complexity index is 409. The number of halogens is 1. The van der Waals surface area contributed by atoms with Gasteiger partial charge in [0.15, 0.2) is 0 Å². The third-order valence-corrected chi connectivity index (χ3v) is 2.74. The molecule has 0 saturated heterocycles. The topological polar surface area (TPSA) is 59.2 Å². The van der Waals surface area contributed by atoms with Crippen LogP contribution in [0.2, 0.25) is 0 Å². The lowest BCUT2D eigenvalue weighted by Crippen LogP contribution is -2.31.